The molecule has 2 rings (SSSR count). The van der Waals surface area contributed by atoms with Gasteiger partial charge in [0.15, 0.2) is 0 Å². The normalized spacial score (nSPS) is 30.7. The van der Waals surface area contributed by atoms with E-state index >= 15 is 0 Å². The Bertz CT molecular complexity index is 286. The zero-order valence-electron chi connectivity index (χ0n) is 14.7. The monoisotopic (exact) mass is 295 g/mol. The molecule has 3 unspecified atom stereocenters. The number of piperidine rings is 1. The van der Waals surface area contributed by atoms with E-state index in [4.69, 9.17) is 0 Å². The van der Waals surface area contributed by atoms with E-state index < -0.39 is 0 Å². The van der Waals surface area contributed by atoms with Crippen LogP contribution in [0.3, 0.4) is 0 Å². The van der Waals surface area contributed by atoms with Crippen molar-refractivity contribution in [3.63, 3.8) is 0 Å². The Morgan fingerprint density at radius 1 is 1.05 bits per heavy atom. The minimum Gasteiger partial charge on any atom is -0.317 e. The maximum absolute atomic E-state index is 3.91. The maximum atomic E-state index is 3.91. The van der Waals surface area contributed by atoms with Gasteiger partial charge in [0.25, 0.3) is 0 Å². The molecular weight excluding hydrogens is 258 g/mol. The average Bonchev–Trinajstić information content (AvgIpc) is 2.48. The van der Waals surface area contributed by atoms with Gasteiger partial charge in [-0.2, -0.15) is 0 Å². The molecule has 2 N–H and O–H groups in total. The SMILES string of the molecule is CNC1CCN(C(C)C)CC1CC(C)NC1CCCCC1. The Kier molecular flexibility index (Phi) is 6.97. The van der Waals surface area contributed by atoms with Crippen LogP contribution >= 0.6 is 0 Å². The van der Waals surface area contributed by atoms with Crippen LogP contribution in [0, 0.1) is 5.92 Å². The van der Waals surface area contributed by atoms with E-state index in [0.717, 1.165) is 12.0 Å². The molecule has 1 heterocycles. The van der Waals surface area contributed by atoms with Gasteiger partial charge < -0.3 is 15.5 Å². The van der Waals surface area contributed by atoms with Gasteiger partial charge in [-0.15, -0.1) is 0 Å². The van der Waals surface area contributed by atoms with Crippen molar-refractivity contribution >= 4 is 0 Å². The summed E-state index contributed by atoms with van der Waals surface area (Å²) < 4.78 is 0. The molecule has 1 saturated carbocycles. The summed E-state index contributed by atoms with van der Waals surface area (Å²) in [4.78, 5) is 2.66. The number of likely N-dealkylation sites (tertiary alicyclic amines) is 1. The summed E-state index contributed by atoms with van der Waals surface area (Å²) in [5.41, 5.74) is 0. The number of rotatable bonds is 6. The molecule has 1 aliphatic heterocycles. The zero-order valence-corrected chi connectivity index (χ0v) is 14.7. The minimum absolute atomic E-state index is 0.654. The van der Waals surface area contributed by atoms with Crippen LogP contribution in [0.4, 0.5) is 0 Å². The van der Waals surface area contributed by atoms with Gasteiger partial charge in [-0.05, 0) is 66.0 Å². The second-order valence-electron chi connectivity index (χ2n) is 7.67. The largest absolute Gasteiger partial charge is 0.317 e. The fraction of sp³-hybridized carbons (Fsp3) is 1.00. The van der Waals surface area contributed by atoms with E-state index in [0.29, 0.717) is 18.1 Å². The minimum atomic E-state index is 0.654. The molecule has 3 heteroatoms. The van der Waals surface area contributed by atoms with Crippen molar-refractivity contribution in [2.24, 2.45) is 5.92 Å². The molecule has 3 atom stereocenters. The van der Waals surface area contributed by atoms with Gasteiger partial charge in [-0.1, -0.05) is 19.3 Å². The Labute approximate surface area is 132 Å². The number of nitrogens with one attached hydrogen (secondary N) is 2. The molecule has 0 bridgehead atoms. The van der Waals surface area contributed by atoms with Crippen LogP contribution in [0.5, 0.6) is 0 Å². The third-order valence-electron chi connectivity index (χ3n) is 5.65. The lowest BCUT2D eigenvalue weighted by molar-refractivity contribution is 0.101. The van der Waals surface area contributed by atoms with Crippen LogP contribution in [-0.4, -0.2) is 49.2 Å². The van der Waals surface area contributed by atoms with Crippen molar-refractivity contribution in [3.8, 4) is 0 Å². The van der Waals surface area contributed by atoms with Crippen molar-refractivity contribution < 1.29 is 0 Å². The van der Waals surface area contributed by atoms with Crippen molar-refractivity contribution in [1.82, 2.24) is 15.5 Å². The third kappa shape index (κ3) is 5.22. The van der Waals surface area contributed by atoms with Crippen molar-refractivity contribution in [3.05, 3.63) is 0 Å². The number of hydrogen-bond acceptors (Lipinski definition) is 3. The lowest BCUT2D eigenvalue weighted by Crippen LogP contribution is -2.52. The summed E-state index contributed by atoms with van der Waals surface area (Å²) in [7, 11) is 2.14. The molecule has 124 valence electrons. The van der Waals surface area contributed by atoms with Crippen molar-refractivity contribution in [2.75, 3.05) is 20.1 Å². The Morgan fingerprint density at radius 3 is 2.38 bits per heavy atom. The summed E-state index contributed by atoms with van der Waals surface area (Å²) >= 11 is 0. The Morgan fingerprint density at radius 2 is 1.76 bits per heavy atom. The second-order valence-corrected chi connectivity index (χ2v) is 7.67. The lowest BCUT2D eigenvalue weighted by atomic mass is 9.86. The topological polar surface area (TPSA) is 27.3 Å². The Hall–Kier alpha value is -0.120. The molecule has 3 nitrogen and oxygen atoms in total. The molecular formula is C18H37N3. The van der Waals surface area contributed by atoms with E-state index in [2.05, 4.69) is 43.4 Å². The van der Waals surface area contributed by atoms with E-state index in [1.165, 1.54) is 58.0 Å². The predicted molar refractivity (Wildman–Crippen MR) is 91.8 cm³/mol. The van der Waals surface area contributed by atoms with Gasteiger partial charge in [0.1, 0.15) is 0 Å². The van der Waals surface area contributed by atoms with Crippen LogP contribution in [0.15, 0.2) is 0 Å². The molecule has 1 aliphatic carbocycles. The second kappa shape index (κ2) is 8.50. The molecule has 0 aromatic carbocycles. The number of hydrogen-bond donors (Lipinski definition) is 2. The quantitative estimate of drug-likeness (QED) is 0.789. The highest BCUT2D eigenvalue weighted by molar-refractivity contribution is 4.88. The average molecular weight is 296 g/mol. The van der Waals surface area contributed by atoms with Gasteiger partial charge in [-0.25, -0.2) is 0 Å². The highest BCUT2D eigenvalue weighted by Gasteiger charge is 2.30. The molecule has 0 aromatic heterocycles. The van der Waals surface area contributed by atoms with Crippen LogP contribution in [0.1, 0.15) is 65.7 Å². The number of nitrogens with zero attached hydrogens (tertiary/aromatic N) is 1. The first kappa shape index (κ1) is 17.2. The molecule has 1 saturated heterocycles. The summed E-state index contributed by atoms with van der Waals surface area (Å²) in [5.74, 6) is 0.789. The first-order chi connectivity index (χ1) is 10.1. The van der Waals surface area contributed by atoms with Crippen LogP contribution in [-0.2, 0) is 0 Å². The lowest BCUT2D eigenvalue weighted by Gasteiger charge is -2.42. The Balaban J connectivity index is 1.82. The van der Waals surface area contributed by atoms with Crippen LogP contribution in [0.2, 0.25) is 0 Å². The smallest absolute Gasteiger partial charge is 0.0117 e. The summed E-state index contributed by atoms with van der Waals surface area (Å²) in [6, 6.07) is 2.83. The molecule has 0 amide bonds. The molecule has 2 aliphatic rings. The first-order valence-corrected chi connectivity index (χ1v) is 9.27. The van der Waals surface area contributed by atoms with Crippen molar-refractivity contribution in [1.29, 1.82) is 0 Å². The van der Waals surface area contributed by atoms with Gasteiger partial charge in [0.05, 0.1) is 0 Å². The van der Waals surface area contributed by atoms with E-state index in [1.54, 1.807) is 0 Å². The highest BCUT2D eigenvalue weighted by Crippen LogP contribution is 2.24. The van der Waals surface area contributed by atoms with Gasteiger partial charge in [0.2, 0.25) is 0 Å². The predicted octanol–water partition coefficient (Wildman–Crippen LogP) is 3.01. The molecule has 0 spiro atoms. The summed E-state index contributed by atoms with van der Waals surface area (Å²) in [6.45, 7) is 9.58. The van der Waals surface area contributed by atoms with Gasteiger partial charge in [-0.3, -0.25) is 0 Å². The fourth-order valence-corrected chi connectivity index (χ4v) is 4.34. The molecule has 2 fully saturated rings. The standard InChI is InChI=1S/C18H37N3/c1-14(2)21-11-10-18(19-4)16(13-21)12-15(3)20-17-8-6-5-7-9-17/h14-20H,5-13H2,1-4H3. The summed E-state index contributed by atoms with van der Waals surface area (Å²) in [5, 5.41) is 7.48. The third-order valence-corrected chi connectivity index (χ3v) is 5.65. The molecule has 0 aromatic rings. The van der Waals surface area contributed by atoms with E-state index in [1.807, 2.05) is 0 Å². The maximum Gasteiger partial charge on any atom is 0.0117 e. The van der Waals surface area contributed by atoms with E-state index in [-0.39, 0.29) is 0 Å². The zero-order chi connectivity index (χ0) is 15.2. The van der Waals surface area contributed by atoms with Crippen LogP contribution in [0.25, 0.3) is 0 Å². The fourth-order valence-electron chi connectivity index (χ4n) is 4.34. The van der Waals surface area contributed by atoms with Gasteiger partial charge >= 0.3 is 0 Å². The summed E-state index contributed by atoms with van der Waals surface area (Å²) in [6.07, 6.45) is 9.69. The van der Waals surface area contributed by atoms with Crippen LogP contribution < -0.4 is 10.6 Å². The molecule has 0 radical (unpaired) electrons. The van der Waals surface area contributed by atoms with Crippen molar-refractivity contribution in [2.45, 2.75) is 89.9 Å². The molecule has 21 heavy (non-hydrogen) atoms. The highest BCUT2D eigenvalue weighted by atomic mass is 15.2. The first-order valence-electron chi connectivity index (χ1n) is 9.27. The van der Waals surface area contributed by atoms with E-state index in [9.17, 15) is 0 Å². The van der Waals surface area contributed by atoms with Gasteiger partial charge in [0, 0.05) is 30.7 Å².